The molecule has 0 bridgehead atoms. The second-order valence-electron chi connectivity index (χ2n) is 4.64. The van der Waals surface area contributed by atoms with Crippen LogP contribution in [0.5, 0.6) is 0 Å². The number of hydrogen-bond donors (Lipinski definition) is 2. The highest BCUT2D eigenvalue weighted by Gasteiger charge is 2.30. The molecule has 0 heterocycles. The first-order valence-corrected chi connectivity index (χ1v) is 7.06. The van der Waals surface area contributed by atoms with E-state index in [1.807, 2.05) is 19.1 Å². The zero-order chi connectivity index (χ0) is 16.3. The summed E-state index contributed by atoms with van der Waals surface area (Å²) in [5, 5.41) is 4.94. The summed E-state index contributed by atoms with van der Waals surface area (Å²) in [6, 6.07) is 9.15. The van der Waals surface area contributed by atoms with Crippen molar-refractivity contribution in [1.82, 2.24) is 0 Å². The molecule has 3 nitrogen and oxygen atoms in total. The summed E-state index contributed by atoms with van der Waals surface area (Å²) in [5.74, 6) is 0. The number of rotatable bonds is 2. The SMILES string of the molecule is Cc1ccc(NC(=O)Nc2cccc(C(F)(F)F)c2)c(Br)c1. The van der Waals surface area contributed by atoms with E-state index in [2.05, 4.69) is 26.6 Å². The molecule has 0 atom stereocenters. The number of benzene rings is 2. The zero-order valence-electron chi connectivity index (χ0n) is 11.5. The Bertz CT molecular complexity index is 701. The minimum absolute atomic E-state index is 0.0653. The molecular weight excluding hydrogens is 361 g/mol. The normalized spacial score (nSPS) is 11.1. The maximum absolute atomic E-state index is 12.6. The molecule has 7 heteroatoms. The summed E-state index contributed by atoms with van der Waals surface area (Å²) in [6.45, 7) is 1.90. The Morgan fingerprint density at radius 1 is 1.09 bits per heavy atom. The van der Waals surface area contributed by atoms with E-state index in [4.69, 9.17) is 0 Å². The van der Waals surface area contributed by atoms with Crippen molar-refractivity contribution in [3.05, 3.63) is 58.1 Å². The van der Waals surface area contributed by atoms with Crippen LogP contribution < -0.4 is 10.6 Å². The van der Waals surface area contributed by atoms with Crippen LogP contribution in [0.15, 0.2) is 46.9 Å². The quantitative estimate of drug-likeness (QED) is 0.725. The molecule has 0 unspecified atom stereocenters. The van der Waals surface area contributed by atoms with Crippen LogP contribution in [0, 0.1) is 6.92 Å². The van der Waals surface area contributed by atoms with Crippen LogP contribution in [0.1, 0.15) is 11.1 Å². The molecule has 22 heavy (non-hydrogen) atoms. The smallest absolute Gasteiger partial charge is 0.308 e. The highest BCUT2D eigenvalue weighted by molar-refractivity contribution is 9.10. The van der Waals surface area contributed by atoms with Gasteiger partial charge in [0.1, 0.15) is 0 Å². The maximum atomic E-state index is 12.6. The van der Waals surface area contributed by atoms with Gasteiger partial charge in [-0.25, -0.2) is 4.79 Å². The zero-order valence-corrected chi connectivity index (χ0v) is 13.0. The van der Waals surface area contributed by atoms with Crippen LogP contribution in [0.2, 0.25) is 0 Å². The number of anilines is 2. The number of amides is 2. The number of halogens is 4. The predicted octanol–water partition coefficient (Wildman–Crippen LogP) is 5.42. The molecule has 0 saturated heterocycles. The average Bonchev–Trinajstić information content (AvgIpc) is 2.41. The van der Waals surface area contributed by atoms with Crippen LogP contribution >= 0.6 is 15.9 Å². The largest absolute Gasteiger partial charge is 0.416 e. The first-order chi connectivity index (χ1) is 10.3. The molecular formula is C15H12BrF3N2O. The van der Waals surface area contributed by atoms with Gasteiger partial charge in [0.2, 0.25) is 0 Å². The molecule has 2 amide bonds. The first-order valence-electron chi connectivity index (χ1n) is 6.27. The number of aryl methyl sites for hydroxylation is 1. The molecule has 0 spiro atoms. The van der Waals surface area contributed by atoms with Gasteiger partial charge in [-0.3, -0.25) is 0 Å². The van der Waals surface area contributed by atoms with Crippen LogP contribution in [0.4, 0.5) is 29.3 Å². The van der Waals surface area contributed by atoms with Crippen molar-refractivity contribution in [2.75, 3.05) is 10.6 Å². The van der Waals surface area contributed by atoms with E-state index in [0.29, 0.717) is 10.2 Å². The van der Waals surface area contributed by atoms with Gasteiger partial charge in [-0.1, -0.05) is 12.1 Å². The van der Waals surface area contributed by atoms with E-state index in [1.54, 1.807) is 6.07 Å². The summed E-state index contributed by atoms with van der Waals surface area (Å²) in [5.41, 5.74) is 0.781. The lowest BCUT2D eigenvalue weighted by Gasteiger charge is -2.11. The number of urea groups is 1. The summed E-state index contributed by atoms with van der Waals surface area (Å²) in [7, 11) is 0. The van der Waals surface area contributed by atoms with Gasteiger partial charge in [0.15, 0.2) is 0 Å². The molecule has 2 N–H and O–H groups in total. The van der Waals surface area contributed by atoms with E-state index in [0.717, 1.165) is 17.7 Å². The summed E-state index contributed by atoms with van der Waals surface area (Å²) >= 11 is 3.31. The fourth-order valence-electron chi connectivity index (χ4n) is 1.78. The van der Waals surface area contributed by atoms with Gasteiger partial charge in [0.05, 0.1) is 11.3 Å². The summed E-state index contributed by atoms with van der Waals surface area (Å²) in [4.78, 5) is 11.9. The van der Waals surface area contributed by atoms with E-state index in [1.165, 1.54) is 12.1 Å². The highest BCUT2D eigenvalue weighted by Crippen LogP contribution is 2.30. The lowest BCUT2D eigenvalue weighted by atomic mass is 10.2. The first kappa shape index (κ1) is 16.4. The third-order valence-electron chi connectivity index (χ3n) is 2.82. The third-order valence-corrected chi connectivity index (χ3v) is 3.48. The fourth-order valence-corrected chi connectivity index (χ4v) is 2.37. The van der Waals surface area contributed by atoms with E-state index < -0.39 is 17.8 Å². The Balaban J connectivity index is 2.09. The van der Waals surface area contributed by atoms with Crippen LogP contribution in [0.25, 0.3) is 0 Å². The minimum Gasteiger partial charge on any atom is -0.308 e. The van der Waals surface area contributed by atoms with Crippen molar-refractivity contribution < 1.29 is 18.0 Å². The van der Waals surface area contributed by atoms with Gasteiger partial charge >= 0.3 is 12.2 Å². The van der Waals surface area contributed by atoms with Crippen molar-refractivity contribution in [1.29, 1.82) is 0 Å². The fraction of sp³-hybridized carbons (Fsp3) is 0.133. The van der Waals surface area contributed by atoms with Gasteiger partial charge in [-0.2, -0.15) is 13.2 Å². The molecule has 0 aliphatic heterocycles. The number of alkyl halides is 3. The van der Waals surface area contributed by atoms with Crippen LogP contribution in [-0.2, 0) is 6.18 Å². The van der Waals surface area contributed by atoms with Crippen molar-refractivity contribution in [3.8, 4) is 0 Å². The number of carbonyl (C=O) groups excluding carboxylic acids is 1. The molecule has 0 aliphatic rings. The Morgan fingerprint density at radius 2 is 1.82 bits per heavy atom. The third kappa shape index (κ3) is 4.24. The van der Waals surface area contributed by atoms with Gasteiger partial charge in [0, 0.05) is 10.2 Å². The number of hydrogen-bond acceptors (Lipinski definition) is 1. The van der Waals surface area contributed by atoms with Crippen molar-refractivity contribution >= 4 is 33.3 Å². The molecule has 0 fully saturated rings. The second kappa shape index (κ2) is 6.39. The molecule has 2 aromatic carbocycles. The Morgan fingerprint density at radius 3 is 2.45 bits per heavy atom. The van der Waals surface area contributed by atoms with Gasteiger partial charge < -0.3 is 10.6 Å². The Kier molecular flexibility index (Phi) is 4.75. The molecule has 0 radical (unpaired) electrons. The van der Waals surface area contributed by atoms with Gasteiger partial charge in [-0.05, 0) is 58.7 Å². The lowest BCUT2D eigenvalue weighted by Crippen LogP contribution is -2.20. The highest BCUT2D eigenvalue weighted by atomic mass is 79.9. The Labute approximate surface area is 133 Å². The number of carbonyl (C=O) groups is 1. The predicted molar refractivity (Wildman–Crippen MR) is 83.0 cm³/mol. The van der Waals surface area contributed by atoms with Gasteiger partial charge in [0.25, 0.3) is 0 Å². The maximum Gasteiger partial charge on any atom is 0.416 e. The standard InChI is InChI=1S/C15H12BrF3N2O/c1-9-5-6-13(12(16)7-9)21-14(22)20-11-4-2-3-10(8-11)15(17,18)19/h2-8H,1H3,(H2,20,21,22). The number of nitrogens with one attached hydrogen (secondary N) is 2. The van der Waals surface area contributed by atoms with Crippen molar-refractivity contribution in [2.24, 2.45) is 0 Å². The van der Waals surface area contributed by atoms with E-state index in [-0.39, 0.29) is 5.69 Å². The van der Waals surface area contributed by atoms with Crippen LogP contribution in [0.3, 0.4) is 0 Å². The molecule has 2 rings (SSSR count). The van der Waals surface area contributed by atoms with E-state index >= 15 is 0 Å². The van der Waals surface area contributed by atoms with Crippen LogP contribution in [-0.4, -0.2) is 6.03 Å². The van der Waals surface area contributed by atoms with E-state index in [9.17, 15) is 18.0 Å². The molecule has 0 saturated carbocycles. The summed E-state index contributed by atoms with van der Waals surface area (Å²) in [6.07, 6.45) is -4.45. The summed E-state index contributed by atoms with van der Waals surface area (Å²) < 4.78 is 38.5. The van der Waals surface area contributed by atoms with Crippen molar-refractivity contribution in [2.45, 2.75) is 13.1 Å². The molecule has 0 aromatic heterocycles. The molecule has 116 valence electrons. The van der Waals surface area contributed by atoms with Crippen molar-refractivity contribution in [3.63, 3.8) is 0 Å². The minimum atomic E-state index is -4.45. The molecule has 0 aliphatic carbocycles. The average molecular weight is 373 g/mol. The van der Waals surface area contributed by atoms with Gasteiger partial charge in [-0.15, -0.1) is 0 Å². The monoisotopic (exact) mass is 372 g/mol. The lowest BCUT2D eigenvalue weighted by molar-refractivity contribution is -0.137. The Hall–Kier alpha value is -2.02. The molecule has 2 aromatic rings. The second-order valence-corrected chi connectivity index (χ2v) is 5.50. The topological polar surface area (TPSA) is 41.1 Å².